The van der Waals surface area contributed by atoms with Crippen molar-refractivity contribution in [2.45, 2.75) is 20.3 Å². The van der Waals surface area contributed by atoms with Crippen molar-refractivity contribution in [1.29, 1.82) is 0 Å². The van der Waals surface area contributed by atoms with Gasteiger partial charge in [-0.1, -0.05) is 19.9 Å². The number of hydrogen-bond acceptors (Lipinski definition) is 2. The van der Waals surface area contributed by atoms with Crippen LogP contribution >= 0.6 is 0 Å². The second-order valence-corrected chi connectivity index (χ2v) is 1.76. The van der Waals surface area contributed by atoms with Gasteiger partial charge < -0.3 is 5.11 Å². The number of aliphatic imine (C=N–C) groups is 1. The smallest absolute Gasteiger partial charge is 0.354 e. The van der Waals surface area contributed by atoms with Crippen LogP contribution in [-0.4, -0.2) is 23.3 Å². The van der Waals surface area contributed by atoms with Gasteiger partial charge in [-0.05, 0) is 12.5 Å². The molecule has 3 heteroatoms. The third-order valence-corrected chi connectivity index (χ3v) is 1.07. The maximum atomic E-state index is 10.2. The van der Waals surface area contributed by atoms with Crippen molar-refractivity contribution < 1.29 is 9.90 Å². The van der Waals surface area contributed by atoms with E-state index < -0.39 is 5.97 Å². The molecule has 0 amide bonds. The fourth-order valence-corrected chi connectivity index (χ4v) is 0.646. The minimum atomic E-state index is -0.939. The lowest BCUT2D eigenvalue weighted by molar-refractivity contribution is -0.129. The number of hydrogen-bond donors (Lipinski definition) is 1. The zero-order valence-corrected chi connectivity index (χ0v) is 6.87. The first-order valence-electron chi connectivity index (χ1n) is 3.75. The fourth-order valence-electron chi connectivity index (χ4n) is 0.646. The molecule has 0 saturated heterocycles. The third-order valence-electron chi connectivity index (χ3n) is 1.07. The highest BCUT2D eigenvalue weighted by Gasteiger charge is 2.05. The first-order valence-corrected chi connectivity index (χ1v) is 3.75. The van der Waals surface area contributed by atoms with Gasteiger partial charge in [0.2, 0.25) is 0 Å². The third kappa shape index (κ3) is 3.55. The van der Waals surface area contributed by atoms with Crippen molar-refractivity contribution in [3.05, 3.63) is 12.2 Å². The van der Waals surface area contributed by atoms with Crippen LogP contribution < -0.4 is 0 Å². The zero-order valence-electron chi connectivity index (χ0n) is 6.87. The number of aliphatic carboxylic acids is 1. The van der Waals surface area contributed by atoms with E-state index in [1.165, 1.54) is 6.08 Å². The molecule has 1 aliphatic rings. The van der Waals surface area contributed by atoms with Crippen molar-refractivity contribution in [1.82, 2.24) is 0 Å². The minimum Gasteiger partial charge on any atom is -0.477 e. The molecule has 1 aliphatic heterocycles. The molecule has 0 aromatic heterocycles. The monoisotopic (exact) mass is 155 g/mol. The van der Waals surface area contributed by atoms with E-state index in [1.54, 1.807) is 0 Å². The van der Waals surface area contributed by atoms with Gasteiger partial charge in [0, 0.05) is 6.54 Å². The topological polar surface area (TPSA) is 49.7 Å². The lowest BCUT2D eigenvalue weighted by Crippen LogP contribution is -2.12. The van der Waals surface area contributed by atoms with Gasteiger partial charge in [-0.15, -0.1) is 0 Å². The molecule has 0 atom stereocenters. The lowest BCUT2D eigenvalue weighted by atomic mass is 10.2. The molecule has 0 radical (unpaired) electrons. The molecule has 0 aromatic rings. The van der Waals surface area contributed by atoms with Crippen LogP contribution in [0.3, 0.4) is 0 Å². The summed E-state index contributed by atoms with van der Waals surface area (Å²) in [6, 6.07) is 0. The first-order chi connectivity index (χ1) is 5.30. The Kier molecular flexibility index (Phi) is 5.07. The Morgan fingerprint density at radius 2 is 2.27 bits per heavy atom. The molecule has 3 nitrogen and oxygen atoms in total. The quantitative estimate of drug-likeness (QED) is 0.623. The maximum absolute atomic E-state index is 10.2. The van der Waals surface area contributed by atoms with Crippen LogP contribution in [0, 0.1) is 0 Å². The van der Waals surface area contributed by atoms with Gasteiger partial charge >= 0.3 is 5.97 Å². The number of carboxylic acid groups (broad SMARTS) is 1. The molecular weight excluding hydrogens is 142 g/mol. The Balaban J connectivity index is 0.000000461. The van der Waals surface area contributed by atoms with Crippen LogP contribution in [0.4, 0.5) is 0 Å². The van der Waals surface area contributed by atoms with E-state index >= 15 is 0 Å². The Hall–Kier alpha value is -1.12. The Labute approximate surface area is 66.5 Å². The van der Waals surface area contributed by atoms with Crippen LogP contribution in [0.1, 0.15) is 20.3 Å². The molecule has 0 spiro atoms. The summed E-state index contributed by atoms with van der Waals surface area (Å²) >= 11 is 0. The molecule has 0 aromatic carbocycles. The second kappa shape index (κ2) is 5.65. The van der Waals surface area contributed by atoms with Gasteiger partial charge in [0.1, 0.15) is 5.71 Å². The summed E-state index contributed by atoms with van der Waals surface area (Å²) in [4.78, 5) is 13.9. The van der Waals surface area contributed by atoms with E-state index in [2.05, 4.69) is 4.99 Å². The van der Waals surface area contributed by atoms with E-state index in [0.29, 0.717) is 6.54 Å². The molecule has 0 saturated carbocycles. The number of carboxylic acids is 1. The summed E-state index contributed by atoms with van der Waals surface area (Å²) in [6.07, 6.45) is 4.21. The minimum absolute atomic E-state index is 0.168. The number of dihydropyridines is 1. The van der Waals surface area contributed by atoms with Crippen LogP contribution in [0.25, 0.3) is 0 Å². The molecular formula is C8H13NO2. The molecule has 0 fully saturated rings. The van der Waals surface area contributed by atoms with Crippen molar-refractivity contribution in [3.8, 4) is 0 Å². The average molecular weight is 155 g/mol. The number of rotatable bonds is 1. The first kappa shape index (κ1) is 9.88. The summed E-state index contributed by atoms with van der Waals surface area (Å²) in [5.41, 5.74) is 0.168. The molecule has 11 heavy (non-hydrogen) atoms. The highest BCUT2D eigenvalue weighted by molar-refractivity contribution is 6.40. The van der Waals surface area contributed by atoms with Crippen LogP contribution in [0.15, 0.2) is 17.1 Å². The molecule has 1 heterocycles. The van der Waals surface area contributed by atoms with Gasteiger partial charge in [0.15, 0.2) is 0 Å². The van der Waals surface area contributed by atoms with Gasteiger partial charge in [-0.3, -0.25) is 4.99 Å². The summed E-state index contributed by atoms with van der Waals surface area (Å²) in [7, 11) is 0. The molecule has 62 valence electrons. The molecule has 1 N–H and O–H groups in total. The Bertz CT molecular complexity index is 183. The van der Waals surface area contributed by atoms with Gasteiger partial charge in [0.25, 0.3) is 0 Å². The maximum Gasteiger partial charge on any atom is 0.354 e. The van der Waals surface area contributed by atoms with E-state index in [-0.39, 0.29) is 5.71 Å². The predicted octanol–water partition coefficient (Wildman–Crippen LogP) is 1.50. The Morgan fingerprint density at radius 3 is 2.55 bits per heavy atom. The van der Waals surface area contributed by atoms with E-state index in [0.717, 1.165) is 6.42 Å². The lowest BCUT2D eigenvalue weighted by Gasteiger charge is -1.98. The van der Waals surface area contributed by atoms with Crippen LogP contribution in [0.5, 0.6) is 0 Å². The molecule has 0 aliphatic carbocycles. The highest BCUT2D eigenvalue weighted by atomic mass is 16.4. The number of carbonyl (C=O) groups is 1. The van der Waals surface area contributed by atoms with Crippen LogP contribution in [0.2, 0.25) is 0 Å². The molecule has 0 bridgehead atoms. The highest BCUT2D eigenvalue weighted by Crippen LogP contribution is 1.95. The standard InChI is InChI=1S/C6H7NO2.C2H6/c8-6(9)5-3-1-2-4-7-5;1-2/h1,3H,2,4H2,(H,8,9);1-2H3. The summed E-state index contributed by atoms with van der Waals surface area (Å²) in [5, 5.41) is 8.36. The van der Waals surface area contributed by atoms with Crippen LogP contribution in [-0.2, 0) is 4.79 Å². The van der Waals surface area contributed by atoms with Gasteiger partial charge in [-0.25, -0.2) is 4.79 Å². The van der Waals surface area contributed by atoms with Crippen molar-refractivity contribution in [2.75, 3.05) is 6.54 Å². The summed E-state index contributed by atoms with van der Waals surface area (Å²) in [6.45, 7) is 4.61. The predicted molar refractivity (Wildman–Crippen MR) is 45.0 cm³/mol. The van der Waals surface area contributed by atoms with E-state index in [9.17, 15) is 4.79 Å². The second-order valence-electron chi connectivity index (χ2n) is 1.76. The molecule has 0 unspecified atom stereocenters. The summed E-state index contributed by atoms with van der Waals surface area (Å²) in [5.74, 6) is -0.939. The van der Waals surface area contributed by atoms with E-state index in [1.807, 2.05) is 19.9 Å². The van der Waals surface area contributed by atoms with Gasteiger partial charge in [0.05, 0.1) is 0 Å². The zero-order chi connectivity index (χ0) is 8.69. The van der Waals surface area contributed by atoms with Crippen molar-refractivity contribution in [2.24, 2.45) is 4.99 Å². The number of nitrogens with zero attached hydrogens (tertiary/aromatic N) is 1. The Morgan fingerprint density at radius 1 is 1.64 bits per heavy atom. The summed E-state index contributed by atoms with van der Waals surface area (Å²) < 4.78 is 0. The van der Waals surface area contributed by atoms with Gasteiger partial charge in [-0.2, -0.15) is 0 Å². The SMILES string of the molecule is CC.O=C(O)C1=NCCC=C1. The average Bonchev–Trinajstić information content (AvgIpc) is 2.10. The van der Waals surface area contributed by atoms with Crippen molar-refractivity contribution >= 4 is 11.7 Å². The molecule has 1 rings (SSSR count). The normalized spacial score (nSPS) is 14.5. The van der Waals surface area contributed by atoms with E-state index in [4.69, 9.17) is 5.11 Å². The van der Waals surface area contributed by atoms with Crippen molar-refractivity contribution in [3.63, 3.8) is 0 Å². The largest absolute Gasteiger partial charge is 0.477 e. The fraction of sp³-hybridized carbons (Fsp3) is 0.500.